The molecular weight excluding hydrogens is 238 g/mol. The van der Waals surface area contributed by atoms with E-state index in [1.807, 2.05) is 36.4 Å². The van der Waals surface area contributed by atoms with Crippen LogP contribution in [-0.4, -0.2) is 12.2 Å². The molecule has 0 aromatic heterocycles. The number of anilines is 1. The third kappa shape index (κ3) is 2.71. The van der Waals surface area contributed by atoms with Gasteiger partial charge in [0.15, 0.2) is 0 Å². The maximum absolute atomic E-state index is 10.5. The van der Waals surface area contributed by atoms with E-state index in [0.717, 1.165) is 12.0 Å². The zero-order valence-corrected chi connectivity index (χ0v) is 11.3. The van der Waals surface area contributed by atoms with E-state index in [-0.39, 0.29) is 0 Å². The van der Waals surface area contributed by atoms with Gasteiger partial charge in [-0.2, -0.15) is 0 Å². The van der Waals surface area contributed by atoms with Crippen molar-refractivity contribution in [3.63, 3.8) is 0 Å². The second-order valence-electron chi connectivity index (χ2n) is 4.46. The highest BCUT2D eigenvalue weighted by Gasteiger charge is 2.16. The highest BCUT2D eigenvalue weighted by molar-refractivity contribution is 5.60. The van der Waals surface area contributed by atoms with Crippen LogP contribution < -0.4 is 10.5 Å². The average Bonchev–Trinajstić information content (AvgIpc) is 2.47. The fourth-order valence-electron chi connectivity index (χ4n) is 2.14. The molecule has 2 aromatic rings. The molecule has 0 heterocycles. The number of benzene rings is 2. The van der Waals surface area contributed by atoms with Crippen LogP contribution in [0.1, 0.15) is 29.7 Å². The summed E-state index contributed by atoms with van der Waals surface area (Å²) in [5.74, 6) is 0.586. The largest absolute Gasteiger partial charge is 0.495 e. The average molecular weight is 257 g/mol. The first-order valence-corrected chi connectivity index (χ1v) is 6.36. The number of nitrogen functional groups attached to an aromatic ring is 1. The predicted molar refractivity (Wildman–Crippen MR) is 77.3 cm³/mol. The Balaban J connectivity index is 2.40. The summed E-state index contributed by atoms with van der Waals surface area (Å²) < 4.78 is 5.18. The molecule has 0 bridgehead atoms. The maximum atomic E-state index is 10.5. The van der Waals surface area contributed by atoms with E-state index in [4.69, 9.17) is 10.5 Å². The van der Waals surface area contributed by atoms with Crippen LogP contribution in [0.5, 0.6) is 5.75 Å². The molecule has 0 saturated heterocycles. The summed E-state index contributed by atoms with van der Waals surface area (Å²) in [6.45, 7) is 2.09. The van der Waals surface area contributed by atoms with Crippen molar-refractivity contribution in [2.24, 2.45) is 0 Å². The van der Waals surface area contributed by atoms with E-state index < -0.39 is 6.10 Å². The van der Waals surface area contributed by atoms with Gasteiger partial charge in [0.1, 0.15) is 11.9 Å². The van der Waals surface area contributed by atoms with Gasteiger partial charge in [-0.1, -0.05) is 43.3 Å². The molecule has 0 amide bonds. The Labute approximate surface area is 113 Å². The molecule has 2 aromatic carbocycles. The van der Waals surface area contributed by atoms with Gasteiger partial charge in [-0.15, -0.1) is 0 Å². The van der Waals surface area contributed by atoms with E-state index in [9.17, 15) is 5.11 Å². The summed E-state index contributed by atoms with van der Waals surface area (Å²) in [5.41, 5.74) is 9.22. The summed E-state index contributed by atoms with van der Waals surface area (Å²) in [4.78, 5) is 0. The predicted octanol–water partition coefficient (Wildman–Crippen LogP) is 2.92. The Morgan fingerprint density at radius 1 is 1.21 bits per heavy atom. The lowest BCUT2D eigenvalue weighted by Crippen LogP contribution is -2.05. The molecule has 100 valence electrons. The lowest BCUT2D eigenvalue weighted by atomic mass is 9.97. The molecule has 1 unspecified atom stereocenters. The Morgan fingerprint density at radius 2 is 1.95 bits per heavy atom. The smallest absolute Gasteiger partial charge is 0.142 e. The van der Waals surface area contributed by atoms with Gasteiger partial charge >= 0.3 is 0 Å². The van der Waals surface area contributed by atoms with E-state index in [1.165, 1.54) is 5.56 Å². The van der Waals surface area contributed by atoms with E-state index in [2.05, 4.69) is 6.92 Å². The number of hydrogen-bond acceptors (Lipinski definition) is 3. The fraction of sp³-hybridized carbons (Fsp3) is 0.250. The van der Waals surface area contributed by atoms with Gasteiger partial charge < -0.3 is 15.6 Å². The third-order valence-electron chi connectivity index (χ3n) is 3.29. The first-order chi connectivity index (χ1) is 9.17. The van der Waals surface area contributed by atoms with Crippen molar-refractivity contribution in [3.8, 4) is 5.75 Å². The first-order valence-electron chi connectivity index (χ1n) is 6.36. The number of hydrogen-bond donors (Lipinski definition) is 2. The lowest BCUT2D eigenvalue weighted by molar-refractivity contribution is 0.220. The normalized spacial score (nSPS) is 12.2. The van der Waals surface area contributed by atoms with Crippen LogP contribution in [-0.2, 0) is 6.42 Å². The third-order valence-corrected chi connectivity index (χ3v) is 3.29. The number of aliphatic hydroxyl groups is 1. The second kappa shape index (κ2) is 5.76. The molecule has 0 aliphatic rings. The Kier molecular flexibility index (Phi) is 4.07. The number of methoxy groups -OCH3 is 1. The van der Waals surface area contributed by atoms with Crippen LogP contribution in [0.15, 0.2) is 42.5 Å². The second-order valence-corrected chi connectivity index (χ2v) is 4.46. The molecule has 0 spiro atoms. The van der Waals surface area contributed by atoms with Crippen LogP contribution in [0.4, 0.5) is 5.69 Å². The number of para-hydroxylation sites is 1. The topological polar surface area (TPSA) is 55.5 Å². The Bertz CT molecular complexity index is 566. The van der Waals surface area contributed by atoms with Crippen LogP contribution in [0, 0.1) is 0 Å². The highest BCUT2D eigenvalue weighted by Crippen LogP contribution is 2.32. The van der Waals surface area contributed by atoms with Crippen molar-refractivity contribution in [2.75, 3.05) is 12.8 Å². The zero-order chi connectivity index (χ0) is 13.8. The monoisotopic (exact) mass is 257 g/mol. The summed E-state index contributed by atoms with van der Waals surface area (Å²) in [7, 11) is 1.57. The molecule has 0 radical (unpaired) electrons. The Hall–Kier alpha value is -2.00. The number of aliphatic hydroxyl groups excluding tert-OH is 1. The molecule has 3 nitrogen and oxygen atoms in total. The van der Waals surface area contributed by atoms with E-state index in [0.29, 0.717) is 17.0 Å². The molecular formula is C16H19NO2. The number of nitrogens with two attached hydrogens (primary N) is 1. The molecule has 0 aliphatic heterocycles. The van der Waals surface area contributed by atoms with Gasteiger partial charge in [0.25, 0.3) is 0 Å². The molecule has 2 rings (SSSR count). The maximum Gasteiger partial charge on any atom is 0.142 e. The zero-order valence-electron chi connectivity index (χ0n) is 11.3. The number of ether oxygens (including phenoxy) is 1. The van der Waals surface area contributed by atoms with Crippen molar-refractivity contribution in [3.05, 3.63) is 59.2 Å². The number of aryl methyl sites for hydroxylation is 1. The molecule has 3 N–H and O–H groups in total. The molecule has 0 fully saturated rings. The standard InChI is InChI=1S/C16H19NO2/c1-3-11-6-4-7-12(10-11)16(18)13-8-5-9-14(19-2)15(13)17/h4-10,16,18H,3,17H2,1-2H3. The van der Waals surface area contributed by atoms with Gasteiger partial charge in [0, 0.05) is 5.56 Å². The molecule has 0 saturated carbocycles. The molecule has 3 heteroatoms. The van der Waals surface area contributed by atoms with Crippen LogP contribution in [0.3, 0.4) is 0 Å². The highest BCUT2D eigenvalue weighted by atomic mass is 16.5. The summed E-state index contributed by atoms with van der Waals surface area (Å²) in [6, 6.07) is 13.3. The van der Waals surface area contributed by atoms with Crippen LogP contribution in [0.2, 0.25) is 0 Å². The van der Waals surface area contributed by atoms with Gasteiger partial charge in [0.05, 0.1) is 12.8 Å². The SMILES string of the molecule is CCc1cccc(C(O)c2cccc(OC)c2N)c1. The van der Waals surface area contributed by atoms with Gasteiger partial charge in [-0.25, -0.2) is 0 Å². The van der Waals surface area contributed by atoms with Crippen molar-refractivity contribution >= 4 is 5.69 Å². The van der Waals surface area contributed by atoms with E-state index in [1.54, 1.807) is 13.2 Å². The quantitative estimate of drug-likeness (QED) is 0.828. The molecule has 1 atom stereocenters. The minimum absolute atomic E-state index is 0.486. The van der Waals surface area contributed by atoms with E-state index >= 15 is 0 Å². The molecule has 0 aliphatic carbocycles. The van der Waals surface area contributed by atoms with Gasteiger partial charge in [-0.3, -0.25) is 0 Å². The van der Waals surface area contributed by atoms with Gasteiger partial charge in [0.2, 0.25) is 0 Å². The Morgan fingerprint density at radius 3 is 2.63 bits per heavy atom. The number of rotatable bonds is 4. The van der Waals surface area contributed by atoms with Crippen molar-refractivity contribution < 1.29 is 9.84 Å². The minimum atomic E-state index is -0.735. The summed E-state index contributed by atoms with van der Waals surface area (Å²) >= 11 is 0. The van der Waals surface area contributed by atoms with Crippen LogP contribution >= 0.6 is 0 Å². The van der Waals surface area contributed by atoms with Gasteiger partial charge in [-0.05, 0) is 23.6 Å². The van der Waals surface area contributed by atoms with Crippen molar-refractivity contribution in [2.45, 2.75) is 19.4 Å². The fourth-order valence-corrected chi connectivity index (χ4v) is 2.14. The van der Waals surface area contributed by atoms with Crippen molar-refractivity contribution in [1.29, 1.82) is 0 Å². The molecule has 19 heavy (non-hydrogen) atoms. The lowest BCUT2D eigenvalue weighted by Gasteiger charge is -2.16. The summed E-state index contributed by atoms with van der Waals surface area (Å²) in [5, 5.41) is 10.5. The summed E-state index contributed by atoms with van der Waals surface area (Å²) in [6.07, 6.45) is 0.204. The first kappa shape index (κ1) is 13.4. The van der Waals surface area contributed by atoms with Crippen LogP contribution in [0.25, 0.3) is 0 Å². The van der Waals surface area contributed by atoms with Crippen molar-refractivity contribution in [1.82, 2.24) is 0 Å². The minimum Gasteiger partial charge on any atom is -0.495 e.